The van der Waals surface area contributed by atoms with Crippen LogP contribution in [0.5, 0.6) is 0 Å². The zero-order valence-electron chi connectivity index (χ0n) is 5.52. The summed E-state index contributed by atoms with van der Waals surface area (Å²) >= 11 is 0. The molecular formula is C6H11N3. The molecule has 9 heavy (non-hydrogen) atoms. The standard InChI is InChI=1S/C6H11N3/c1-4-9-6(7)5(2)8-3/h4,8H,1-2H2,3H3,(H2,7,9). The molecule has 3 N–H and O–H groups in total. The van der Waals surface area contributed by atoms with Gasteiger partial charge >= 0.3 is 0 Å². The van der Waals surface area contributed by atoms with Crippen LogP contribution in [0.3, 0.4) is 0 Å². The van der Waals surface area contributed by atoms with E-state index in [9.17, 15) is 0 Å². The molecular weight excluding hydrogens is 114 g/mol. The molecule has 0 aromatic rings. The van der Waals surface area contributed by atoms with E-state index in [1.807, 2.05) is 0 Å². The zero-order valence-corrected chi connectivity index (χ0v) is 5.52. The monoisotopic (exact) mass is 125 g/mol. The summed E-state index contributed by atoms with van der Waals surface area (Å²) < 4.78 is 0. The highest BCUT2D eigenvalue weighted by Crippen LogP contribution is 1.81. The summed E-state index contributed by atoms with van der Waals surface area (Å²) in [6.45, 7) is 6.96. The van der Waals surface area contributed by atoms with Crippen molar-refractivity contribution >= 4 is 5.84 Å². The number of nitrogens with one attached hydrogen (secondary N) is 1. The lowest BCUT2D eigenvalue weighted by molar-refractivity contribution is 1.05. The van der Waals surface area contributed by atoms with Gasteiger partial charge in [0, 0.05) is 13.2 Å². The Morgan fingerprint density at radius 3 is 2.67 bits per heavy atom. The number of rotatable bonds is 3. The molecule has 3 heteroatoms. The third-order valence-corrected chi connectivity index (χ3v) is 0.841. The zero-order chi connectivity index (χ0) is 7.28. The van der Waals surface area contributed by atoms with Gasteiger partial charge in [-0.05, 0) is 0 Å². The summed E-state index contributed by atoms with van der Waals surface area (Å²) in [5.74, 6) is 0.368. The fourth-order valence-corrected chi connectivity index (χ4v) is 0.304. The molecule has 0 spiro atoms. The average Bonchev–Trinajstić information content (AvgIpc) is 1.87. The molecule has 0 heterocycles. The van der Waals surface area contributed by atoms with Gasteiger partial charge in [0.15, 0.2) is 0 Å². The molecule has 0 aliphatic heterocycles. The van der Waals surface area contributed by atoms with Crippen LogP contribution in [0.1, 0.15) is 0 Å². The van der Waals surface area contributed by atoms with Gasteiger partial charge in [0.05, 0.1) is 5.70 Å². The van der Waals surface area contributed by atoms with E-state index in [2.05, 4.69) is 23.5 Å². The van der Waals surface area contributed by atoms with Gasteiger partial charge in [-0.3, -0.25) is 0 Å². The third-order valence-electron chi connectivity index (χ3n) is 0.841. The molecule has 50 valence electrons. The molecule has 0 saturated carbocycles. The van der Waals surface area contributed by atoms with E-state index >= 15 is 0 Å². The first-order valence-electron chi connectivity index (χ1n) is 2.53. The third kappa shape index (κ3) is 2.54. The van der Waals surface area contributed by atoms with E-state index in [0.717, 1.165) is 0 Å². The average molecular weight is 125 g/mol. The van der Waals surface area contributed by atoms with Crippen molar-refractivity contribution in [3.8, 4) is 0 Å². The maximum absolute atomic E-state index is 5.35. The van der Waals surface area contributed by atoms with Crippen molar-refractivity contribution in [3.63, 3.8) is 0 Å². The number of hydrogen-bond acceptors (Lipinski definition) is 2. The highest BCUT2D eigenvalue weighted by Gasteiger charge is 1.90. The second kappa shape index (κ2) is 3.72. The fraction of sp³-hybridized carbons (Fsp3) is 0.167. The molecule has 0 rings (SSSR count). The number of amidine groups is 1. The van der Waals surface area contributed by atoms with Gasteiger partial charge in [0.1, 0.15) is 5.84 Å². The van der Waals surface area contributed by atoms with Gasteiger partial charge in [-0.2, -0.15) is 0 Å². The van der Waals surface area contributed by atoms with Crippen LogP contribution in [0.4, 0.5) is 0 Å². The highest BCUT2D eigenvalue weighted by molar-refractivity contribution is 5.96. The van der Waals surface area contributed by atoms with Crippen molar-refractivity contribution in [1.29, 1.82) is 0 Å². The Kier molecular flexibility index (Phi) is 3.20. The Balaban J connectivity index is 4.01. The molecule has 0 amide bonds. The predicted molar refractivity (Wildman–Crippen MR) is 40.0 cm³/mol. The molecule has 0 saturated heterocycles. The molecule has 0 aliphatic carbocycles. The molecule has 0 radical (unpaired) electrons. The number of hydrogen-bond donors (Lipinski definition) is 2. The number of nitrogens with two attached hydrogens (primary N) is 1. The second-order valence-corrected chi connectivity index (χ2v) is 1.43. The van der Waals surface area contributed by atoms with Crippen LogP contribution in [-0.2, 0) is 0 Å². The largest absolute Gasteiger partial charge is 0.386 e. The van der Waals surface area contributed by atoms with E-state index < -0.39 is 0 Å². The molecule has 0 aromatic carbocycles. The van der Waals surface area contributed by atoms with Crippen molar-refractivity contribution in [2.45, 2.75) is 0 Å². The van der Waals surface area contributed by atoms with Crippen LogP contribution in [0.25, 0.3) is 0 Å². The molecule has 0 atom stereocenters. The first kappa shape index (κ1) is 7.75. The maximum atomic E-state index is 5.35. The molecule has 0 fully saturated rings. The Morgan fingerprint density at radius 1 is 1.78 bits per heavy atom. The summed E-state index contributed by atoms with van der Waals surface area (Å²) in [7, 11) is 1.73. The highest BCUT2D eigenvalue weighted by atomic mass is 14.9. The van der Waals surface area contributed by atoms with Crippen LogP contribution in [0.2, 0.25) is 0 Å². The van der Waals surface area contributed by atoms with Crippen molar-refractivity contribution < 1.29 is 0 Å². The lowest BCUT2D eigenvalue weighted by Gasteiger charge is -2.00. The van der Waals surface area contributed by atoms with Crippen LogP contribution in [0, 0.1) is 0 Å². The summed E-state index contributed by atoms with van der Waals surface area (Å²) in [4.78, 5) is 3.69. The molecule has 0 bridgehead atoms. The topological polar surface area (TPSA) is 50.4 Å². The predicted octanol–water partition coefficient (Wildman–Crippen LogP) is 0.220. The van der Waals surface area contributed by atoms with E-state index in [4.69, 9.17) is 5.73 Å². The quantitative estimate of drug-likeness (QED) is 0.419. The first-order chi connectivity index (χ1) is 4.22. The summed E-state index contributed by atoms with van der Waals surface area (Å²) in [6.07, 6.45) is 1.37. The van der Waals surface area contributed by atoms with Crippen molar-refractivity contribution in [2.75, 3.05) is 7.05 Å². The Labute approximate surface area is 55.0 Å². The van der Waals surface area contributed by atoms with Crippen LogP contribution < -0.4 is 11.1 Å². The van der Waals surface area contributed by atoms with Gasteiger partial charge in [-0.25, -0.2) is 4.99 Å². The number of nitrogens with zero attached hydrogens (tertiary/aromatic N) is 1. The Bertz CT molecular complexity index is 146. The minimum Gasteiger partial charge on any atom is -0.386 e. The van der Waals surface area contributed by atoms with E-state index in [1.54, 1.807) is 7.05 Å². The molecule has 0 aliphatic rings. The van der Waals surface area contributed by atoms with Gasteiger partial charge in [0.25, 0.3) is 0 Å². The Morgan fingerprint density at radius 2 is 2.33 bits per heavy atom. The van der Waals surface area contributed by atoms with Gasteiger partial charge in [-0.15, -0.1) is 0 Å². The number of aliphatic imine (C=N–C) groups is 1. The minimum absolute atomic E-state index is 0.368. The first-order valence-corrected chi connectivity index (χ1v) is 2.53. The van der Waals surface area contributed by atoms with Crippen LogP contribution >= 0.6 is 0 Å². The van der Waals surface area contributed by atoms with Gasteiger partial charge in [0.2, 0.25) is 0 Å². The summed E-state index contributed by atoms with van der Waals surface area (Å²) in [6, 6.07) is 0. The van der Waals surface area contributed by atoms with Crippen molar-refractivity contribution in [2.24, 2.45) is 10.7 Å². The lowest BCUT2D eigenvalue weighted by atomic mass is 10.4. The van der Waals surface area contributed by atoms with Crippen LogP contribution in [-0.4, -0.2) is 12.9 Å². The fourth-order valence-electron chi connectivity index (χ4n) is 0.304. The smallest absolute Gasteiger partial charge is 0.146 e. The molecule has 0 unspecified atom stereocenters. The van der Waals surface area contributed by atoms with Crippen LogP contribution in [0.15, 0.2) is 30.0 Å². The SMILES string of the molecule is C=C/N=C(/N)C(=C)NC. The Hall–Kier alpha value is -1.25. The number of likely N-dealkylation sites (N-methyl/N-ethyl adjacent to an activating group) is 1. The lowest BCUT2D eigenvalue weighted by Crippen LogP contribution is -2.22. The molecule has 3 nitrogen and oxygen atoms in total. The second-order valence-electron chi connectivity index (χ2n) is 1.43. The van der Waals surface area contributed by atoms with E-state index in [-0.39, 0.29) is 0 Å². The van der Waals surface area contributed by atoms with Crippen molar-refractivity contribution in [1.82, 2.24) is 5.32 Å². The van der Waals surface area contributed by atoms with Crippen molar-refractivity contribution in [3.05, 3.63) is 25.1 Å². The van der Waals surface area contributed by atoms with E-state index in [1.165, 1.54) is 6.20 Å². The summed E-state index contributed by atoms with van der Waals surface area (Å²) in [5, 5.41) is 2.75. The summed E-state index contributed by atoms with van der Waals surface area (Å²) in [5.41, 5.74) is 5.96. The maximum Gasteiger partial charge on any atom is 0.146 e. The molecule has 0 aromatic heterocycles. The normalized spacial score (nSPS) is 10.6. The van der Waals surface area contributed by atoms with Gasteiger partial charge in [-0.1, -0.05) is 13.2 Å². The minimum atomic E-state index is 0.368. The van der Waals surface area contributed by atoms with E-state index in [0.29, 0.717) is 11.5 Å². The van der Waals surface area contributed by atoms with Gasteiger partial charge < -0.3 is 11.1 Å².